The van der Waals surface area contributed by atoms with Crippen molar-refractivity contribution >= 4 is 29.4 Å². The maximum absolute atomic E-state index is 11.8. The Bertz CT molecular complexity index is 673. The number of rotatable bonds is 7. The van der Waals surface area contributed by atoms with Gasteiger partial charge in [-0.25, -0.2) is 9.59 Å². The van der Waals surface area contributed by atoms with Crippen LogP contribution in [0.15, 0.2) is 24.3 Å². The van der Waals surface area contributed by atoms with E-state index < -0.39 is 11.9 Å². The lowest BCUT2D eigenvalue weighted by atomic mass is 9.98. The summed E-state index contributed by atoms with van der Waals surface area (Å²) < 4.78 is 5.84. The normalized spacial score (nSPS) is 17.1. The third-order valence-corrected chi connectivity index (χ3v) is 4.99. The number of nitrogens with zero attached hydrogens (tertiary/aromatic N) is 1. The van der Waals surface area contributed by atoms with Gasteiger partial charge in [-0.05, 0) is 62.4 Å². The molecule has 3 N–H and O–H groups in total. The Balaban J connectivity index is 0.000000438. The number of nitrogens with one attached hydrogen (secondary N) is 1. The number of carbonyl (C=O) groups is 3. The van der Waals surface area contributed by atoms with E-state index in [0.29, 0.717) is 25.1 Å². The van der Waals surface area contributed by atoms with Gasteiger partial charge in [0.15, 0.2) is 0 Å². The predicted molar refractivity (Wildman–Crippen MR) is 107 cm³/mol. The Morgan fingerprint density at radius 1 is 1.03 bits per heavy atom. The highest BCUT2D eigenvalue weighted by Crippen LogP contribution is 2.20. The Labute approximate surface area is 174 Å². The van der Waals surface area contributed by atoms with Crippen LogP contribution in [0.5, 0.6) is 0 Å². The van der Waals surface area contributed by atoms with Crippen molar-refractivity contribution in [1.82, 2.24) is 10.2 Å². The Hall–Kier alpha value is -2.16. The quantitative estimate of drug-likeness (QED) is 0.571. The Morgan fingerprint density at radius 3 is 2.14 bits per heavy atom. The number of piperidine rings is 1. The molecular weight excluding hydrogens is 400 g/mol. The smallest absolute Gasteiger partial charge is 0.414 e. The fourth-order valence-corrected chi connectivity index (χ4v) is 3.07. The number of benzene rings is 1. The average molecular weight is 427 g/mol. The van der Waals surface area contributed by atoms with Crippen molar-refractivity contribution in [1.29, 1.82) is 0 Å². The summed E-state index contributed by atoms with van der Waals surface area (Å²) in [5.41, 5.74) is 1.16. The maximum Gasteiger partial charge on any atom is 0.414 e. The van der Waals surface area contributed by atoms with Crippen LogP contribution in [0.25, 0.3) is 0 Å². The van der Waals surface area contributed by atoms with Crippen LogP contribution in [0.3, 0.4) is 0 Å². The standard InChI is InChI=1S/C18H25ClN2O2.C2H2O4/c19-16-3-1-14(2-4-16)12-23-13-15-7-9-21(10-8-15)11-18(22)20-17-5-6-17;3-1(4)2(5)6/h1-4,15,17H,5-13H2,(H,20,22);(H,3,4)(H,5,6). The van der Waals surface area contributed by atoms with Crippen molar-refractivity contribution in [3.8, 4) is 0 Å². The molecule has 1 aromatic rings. The number of likely N-dealkylation sites (tertiary alicyclic amines) is 1. The van der Waals surface area contributed by atoms with Crippen molar-refractivity contribution in [3.05, 3.63) is 34.9 Å². The second-order valence-corrected chi connectivity index (χ2v) is 7.75. The lowest BCUT2D eigenvalue weighted by molar-refractivity contribution is -0.159. The number of halogens is 1. The van der Waals surface area contributed by atoms with E-state index in [0.717, 1.165) is 56.0 Å². The zero-order chi connectivity index (χ0) is 21.2. The van der Waals surface area contributed by atoms with E-state index in [4.69, 9.17) is 36.1 Å². The number of carbonyl (C=O) groups excluding carboxylic acids is 1. The highest BCUT2D eigenvalue weighted by atomic mass is 35.5. The van der Waals surface area contributed by atoms with E-state index in [2.05, 4.69) is 10.2 Å². The molecule has 29 heavy (non-hydrogen) atoms. The molecule has 1 amide bonds. The zero-order valence-corrected chi connectivity index (χ0v) is 16.9. The zero-order valence-electron chi connectivity index (χ0n) is 16.2. The number of aliphatic carboxylic acids is 2. The maximum atomic E-state index is 11.8. The van der Waals surface area contributed by atoms with E-state index >= 15 is 0 Å². The van der Waals surface area contributed by atoms with Gasteiger partial charge < -0.3 is 20.3 Å². The number of ether oxygens (including phenoxy) is 1. The summed E-state index contributed by atoms with van der Waals surface area (Å²) in [7, 11) is 0. The first-order valence-electron chi connectivity index (χ1n) is 9.63. The molecule has 3 rings (SSSR count). The fraction of sp³-hybridized carbons (Fsp3) is 0.550. The summed E-state index contributed by atoms with van der Waals surface area (Å²) >= 11 is 5.87. The molecule has 9 heteroatoms. The van der Waals surface area contributed by atoms with Gasteiger partial charge in [0, 0.05) is 17.7 Å². The molecule has 1 aromatic carbocycles. The minimum Gasteiger partial charge on any atom is -0.473 e. The lowest BCUT2D eigenvalue weighted by Gasteiger charge is -2.31. The van der Waals surface area contributed by atoms with E-state index in [1.165, 1.54) is 0 Å². The molecule has 0 radical (unpaired) electrons. The van der Waals surface area contributed by atoms with Crippen LogP contribution < -0.4 is 5.32 Å². The molecule has 0 atom stereocenters. The van der Waals surface area contributed by atoms with Crippen LogP contribution in [0, 0.1) is 5.92 Å². The summed E-state index contributed by atoms with van der Waals surface area (Å²) in [5.74, 6) is -2.86. The van der Waals surface area contributed by atoms with Crippen LogP contribution >= 0.6 is 11.6 Å². The Kier molecular flexibility index (Phi) is 9.37. The summed E-state index contributed by atoms with van der Waals surface area (Å²) in [4.78, 5) is 32.3. The van der Waals surface area contributed by atoms with Gasteiger partial charge in [-0.15, -0.1) is 0 Å². The first-order chi connectivity index (χ1) is 13.8. The molecule has 0 aromatic heterocycles. The molecule has 1 aliphatic heterocycles. The molecule has 2 aliphatic rings. The molecule has 0 spiro atoms. The SMILES string of the molecule is O=C(CN1CCC(COCc2ccc(Cl)cc2)CC1)NC1CC1.O=C(O)C(=O)O. The van der Waals surface area contributed by atoms with Crippen molar-refractivity contribution in [2.24, 2.45) is 5.92 Å². The van der Waals surface area contributed by atoms with Crippen LogP contribution in [0.4, 0.5) is 0 Å². The number of hydrogen-bond acceptors (Lipinski definition) is 5. The molecule has 160 valence electrons. The van der Waals surface area contributed by atoms with E-state index in [9.17, 15) is 4.79 Å². The topological polar surface area (TPSA) is 116 Å². The van der Waals surface area contributed by atoms with E-state index in [1.54, 1.807) is 0 Å². The minimum atomic E-state index is -1.82. The largest absolute Gasteiger partial charge is 0.473 e. The van der Waals surface area contributed by atoms with Crippen LogP contribution in [0.2, 0.25) is 5.02 Å². The molecule has 8 nitrogen and oxygen atoms in total. The van der Waals surface area contributed by atoms with Gasteiger partial charge in [0.05, 0.1) is 13.2 Å². The van der Waals surface area contributed by atoms with Gasteiger partial charge in [0.2, 0.25) is 5.91 Å². The predicted octanol–water partition coefficient (Wildman–Crippen LogP) is 2.00. The molecule has 1 aliphatic carbocycles. The second kappa shape index (κ2) is 11.7. The second-order valence-electron chi connectivity index (χ2n) is 7.31. The van der Waals surface area contributed by atoms with Gasteiger partial charge in [0.1, 0.15) is 0 Å². The summed E-state index contributed by atoms with van der Waals surface area (Å²) in [6.07, 6.45) is 4.52. The van der Waals surface area contributed by atoms with Gasteiger partial charge in [-0.1, -0.05) is 23.7 Å². The third kappa shape index (κ3) is 9.74. The highest BCUT2D eigenvalue weighted by molar-refractivity contribution is 6.30. The summed E-state index contributed by atoms with van der Waals surface area (Å²) in [6.45, 7) is 3.97. The Morgan fingerprint density at radius 2 is 1.62 bits per heavy atom. The molecule has 0 bridgehead atoms. The average Bonchev–Trinajstić information content (AvgIpc) is 3.49. The van der Waals surface area contributed by atoms with Crippen molar-refractivity contribution in [2.45, 2.75) is 38.3 Å². The fourth-order valence-electron chi connectivity index (χ4n) is 2.94. The van der Waals surface area contributed by atoms with Crippen molar-refractivity contribution in [3.63, 3.8) is 0 Å². The number of carboxylic acids is 2. The van der Waals surface area contributed by atoms with Gasteiger partial charge >= 0.3 is 11.9 Å². The molecule has 2 fully saturated rings. The lowest BCUT2D eigenvalue weighted by Crippen LogP contribution is -2.42. The van der Waals surface area contributed by atoms with Gasteiger partial charge in [-0.3, -0.25) is 9.69 Å². The molecule has 1 heterocycles. The molecule has 1 saturated heterocycles. The van der Waals surface area contributed by atoms with Crippen LogP contribution in [-0.4, -0.2) is 65.2 Å². The summed E-state index contributed by atoms with van der Waals surface area (Å²) in [5, 5.41) is 18.6. The van der Waals surface area contributed by atoms with E-state index in [-0.39, 0.29) is 5.91 Å². The number of carboxylic acid groups (broad SMARTS) is 2. The third-order valence-electron chi connectivity index (χ3n) is 4.74. The first-order valence-corrected chi connectivity index (χ1v) is 10.0. The van der Waals surface area contributed by atoms with Crippen LogP contribution in [0.1, 0.15) is 31.2 Å². The first kappa shape index (κ1) is 23.1. The molecule has 0 unspecified atom stereocenters. The monoisotopic (exact) mass is 426 g/mol. The van der Waals surface area contributed by atoms with Crippen molar-refractivity contribution in [2.75, 3.05) is 26.2 Å². The molecule has 1 saturated carbocycles. The van der Waals surface area contributed by atoms with E-state index in [1.807, 2.05) is 24.3 Å². The van der Waals surface area contributed by atoms with Crippen LogP contribution in [-0.2, 0) is 25.7 Å². The minimum absolute atomic E-state index is 0.185. The highest BCUT2D eigenvalue weighted by Gasteiger charge is 2.25. The van der Waals surface area contributed by atoms with Gasteiger partial charge in [0.25, 0.3) is 0 Å². The van der Waals surface area contributed by atoms with Gasteiger partial charge in [-0.2, -0.15) is 0 Å². The molecular formula is C20H27ClN2O6. The summed E-state index contributed by atoms with van der Waals surface area (Å²) in [6, 6.07) is 8.25. The van der Waals surface area contributed by atoms with Crippen molar-refractivity contribution < 1.29 is 29.3 Å². The number of hydrogen-bond donors (Lipinski definition) is 3. The number of amides is 1.